The number of aliphatic hydroxyl groups is 1. The van der Waals surface area contributed by atoms with Crippen LogP contribution in [0.15, 0.2) is 0 Å². The summed E-state index contributed by atoms with van der Waals surface area (Å²) in [5.74, 6) is -1.69. The summed E-state index contributed by atoms with van der Waals surface area (Å²) in [6.45, 7) is -0.0563. The van der Waals surface area contributed by atoms with E-state index in [9.17, 15) is 9.59 Å². The molecule has 0 aromatic heterocycles. The van der Waals surface area contributed by atoms with E-state index < -0.39 is 17.9 Å². The first-order valence-electron chi connectivity index (χ1n) is 3.44. The molecule has 5 N–H and O–H groups in total. The van der Waals surface area contributed by atoms with Crippen LogP contribution in [0.25, 0.3) is 0 Å². The number of carboxylic acid groups (broad SMARTS) is 1. The maximum atomic E-state index is 10.8. The molecule has 0 bridgehead atoms. The molecule has 1 amide bonds. The van der Waals surface area contributed by atoms with Crippen LogP contribution in [0, 0.1) is 0 Å². The maximum Gasteiger partial charge on any atom is 0.321 e. The molecule has 0 aromatic rings. The van der Waals surface area contributed by atoms with Crippen LogP contribution in [-0.4, -0.2) is 41.3 Å². The van der Waals surface area contributed by atoms with Crippen LogP contribution in [0.1, 0.15) is 6.42 Å². The van der Waals surface area contributed by atoms with Gasteiger partial charge in [0.1, 0.15) is 6.04 Å². The Kier molecular flexibility index (Phi) is 4.98. The topological polar surface area (TPSA) is 113 Å². The maximum absolute atomic E-state index is 10.8. The lowest BCUT2D eigenvalue weighted by Crippen LogP contribution is -2.37. The van der Waals surface area contributed by atoms with Crippen LogP contribution in [0.2, 0.25) is 0 Å². The van der Waals surface area contributed by atoms with Gasteiger partial charge in [0.25, 0.3) is 0 Å². The first-order chi connectivity index (χ1) is 5.57. The van der Waals surface area contributed by atoms with E-state index in [1.54, 1.807) is 0 Å². The van der Waals surface area contributed by atoms with E-state index in [4.69, 9.17) is 15.9 Å². The van der Waals surface area contributed by atoms with E-state index in [-0.39, 0.29) is 19.6 Å². The van der Waals surface area contributed by atoms with E-state index in [0.717, 1.165) is 0 Å². The van der Waals surface area contributed by atoms with Gasteiger partial charge in [-0.1, -0.05) is 0 Å². The van der Waals surface area contributed by atoms with Crippen LogP contribution in [0.4, 0.5) is 0 Å². The van der Waals surface area contributed by atoms with Crippen LogP contribution in [-0.2, 0) is 9.59 Å². The zero-order chi connectivity index (χ0) is 9.56. The van der Waals surface area contributed by atoms with Gasteiger partial charge in [-0.05, 0) is 0 Å². The molecule has 0 rings (SSSR count). The molecule has 0 saturated heterocycles. The van der Waals surface area contributed by atoms with E-state index in [2.05, 4.69) is 5.32 Å². The highest BCUT2D eigenvalue weighted by Crippen LogP contribution is 1.87. The summed E-state index contributed by atoms with van der Waals surface area (Å²) in [6.07, 6.45) is -0.269. The predicted molar refractivity (Wildman–Crippen MR) is 40.3 cm³/mol. The molecular weight excluding hydrogens is 164 g/mol. The molecule has 0 heterocycles. The average molecular weight is 176 g/mol. The van der Waals surface area contributed by atoms with E-state index in [0.29, 0.717) is 0 Å². The van der Waals surface area contributed by atoms with Crippen LogP contribution >= 0.6 is 0 Å². The van der Waals surface area contributed by atoms with Crippen molar-refractivity contribution in [1.82, 2.24) is 5.32 Å². The Balaban J connectivity index is 3.61. The smallest absolute Gasteiger partial charge is 0.321 e. The number of nitrogens with two attached hydrogens (primary N) is 1. The number of aliphatic hydroxyl groups excluding tert-OH is 1. The number of hydrogen-bond donors (Lipinski definition) is 4. The van der Waals surface area contributed by atoms with Gasteiger partial charge in [0.2, 0.25) is 5.91 Å². The Bertz CT molecular complexity index is 171. The molecule has 0 aliphatic heterocycles. The zero-order valence-electron chi connectivity index (χ0n) is 6.49. The molecule has 0 saturated carbocycles. The number of carbonyl (C=O) groups is 2. The van der Waals surface area contributed by atoms with Crippen LogP contribution < -0.4 is 11.1 Å². The van der Waals surface area contributed by atoms with Gasteiger partial charge in [-0.2, -0.15) is 0 Å². The lowest BCUT2D eigenvalue weighted by Gasteiger charge is -2.05. The van der Waals surface area contributed by atoms with Gasteiger partial charge in [-0.25, -0.2) is 0 Å². The summed E-state index contributed by atoms with van der Waals surface area (Å²) < 4.78 is 0. The SMILES string of the molecule is NC(CC(=O)NCCO)C(=O)O. The summed E-state index contributed by atoms with van der Waals surface area (Å²) in [5, 5.41) is 18.9. The molecule has 0 spiro atoms. The van der Waals surface area contributed by atoms with Crippen molar-refractivity contribution in [3.63, 3.8) is 0 Å². The van der Waals surface area contributed by atoms with Gasteiger partial charge in [0.05, 0.1) is 13.0 Å². The molecule has 1 unspecified atom stereocenters. The number of nitrogens with one attached hydrogen (secondary N) is 1. The van der Waals surface area contributed by atoms with Crippen molar-refractivity contribution in [2.75, 3.05) is 13.2 Å². The third kappa shape index (κ3) is 4.64. The molecule has 70 valence electrons. The Labute approximate surface area is 69.4 Å². The summed E-state index contributed by atoms with van der Waals surface area (Å²) in [5.41, 5.74) is 5.07. The third-order valence-corrected chi connectivity index (χ3v) is 1.16. The minimum absolute atomic E-state index is 0.116. The second kappa shape index (κ2) is 5.50. The second-order valence-electron chi connectivity index (χ2n) is 2.22. The average Bonchev–Trinajstić information content (AvgIpc) is 2.00. The second-order valence-corrected chi connectivity index (χ2v) is 2.22. The zero-order valence-corrected chi connectivity index (χ0v) is 6.49. The number of carbonyl (C=O) groups excluding carboxylic acids is 1. The lowest BCUT2D eigenvalue weighted by molar-refractivity contribution is -0.140. The minimum atomic E-state index is -1.21. The van der Waals surface area contributed by atoms with E-state index in [1.165, 1.54) is 0 Å². The number of aliphatic carboxylic acids is 1. The fourth-order valence-corrected chi connectivity index (χ4v) is 0.555. The van der Waals surface area contributed by atoms with Gasteiger partial charge in [0, 0.05) is 6.54 Å². The number of rotatable bonds is 5. The molecule has 6 heteroatoms. The molecule has 0 aliphatic carbocycles. The fraction of sp³-hybridized carbons (Fsp3) is 0.667. The monoisotopic (exact) mass is 176 g/mol. The molecule has 0 aromatic carbocycles. The van der Waals surface area contributed by atoms with E-state index >= 15 is 0 Å². The molecular formula is C6H12N2O4. The Morgan fingerprint density at radius 1 is 1.50 bits per heavy atom. The quantitative estimate of drug-likeness (QED) is 0.383. The summed E-state index contributed by atoms with van der Waals surface area (Å²) in [4.78, 5) is 20.9. The largest absolute Gasteiger partial charge is 0.480 e. The van der Waals surface area contributed by atoms with Gasteiger partial charge in [0.15, 0.2) is 0 Å². The molecule has 12 heavy (non-hydrogen) atoms. The van der Waals surface area contributed by atoms with Crippen LogP contribution in [0.3, 0.4) is 0 Å². The highest BCUT2D eigenvalue weighted by atomic mass is 16.4. The predicted octanol–water partition coefficient (Wildman–Crippen LogP) is -2.10. The molecule has 0 aliphatic rings. The molecule has 0 fully saturated rings. The third-order valence-electron chi connectivity index (χ3n) is 1.16. The summed E-state index contributed by atoms with van der Waals surface area (Å²) in [7, 11) is 0. The summed E-state index contributed by atoms with van der Waals surface area (Å²) in [6, 6.07) is -1.18. The number of hydrogen-bond acceptors (Lipinski definition) is 4. The Hall–Kier alpha value is -1.14. The first kappa shape index (κ1) is 10.9. The molecule has 1 atom stereocenters. The highest BCUT2D eigenvalue weighted by molar-refractivity contribution is 5.84. The number of amides is 1. The Morgan fingerprint density at radius 2 is 2.08 bits per heavy atom. The van der Waals surface area contributed by atoms with Crippen molar-refractivity contribution in [3.05, 3.63) is 0 Å². The van der Waals surface area contributed by atoms with Gasteiger partial charge < -0.3 is 21.3 Å². The van der Waals surface area contributed by atoms with Crippen LogP contribution in [0.5, 0.6) is 0 Å². The van der Waals surface area contributed by atoms with Crippen molar-refractivity contribution in [2.24, 2.45) is 5.73 Å². The molecule has 0 radical (unpaired) electrons. The first-order valence-corrected chi connectivity index (χ1v) is 3.44. The minimum Gasteiger partial charge on any atom is -0.480 e. The van der Waals surface area contributed by atoms with Gasteiger partial charge in [-0.3, -0.25) is 9.59 Å². The van der Waals surface area contributed by atoms with Crippen molar-refractivity contribution in [3.8, 4) is 0 Å². The van der Waals surface area contributed by atoms with Gasteiger partial charge in [-0.15, -0.1) is 0 Å². The highest BCUT2D eigenvalue weighted by Gasteiger charge is 2.15. The van der Waals surface area contributed by atoms with Gasteiger partial charge >= 0.3 is 5.97 Å². The van der Waals surface area contributed by atoms with Crippen molar-refractivity contribution in [2.45, 2.75) is 12.5 Å². The number of carboxylic acids is 1. The molecule has 6 nitrogen and oxygen atoms in total. The van der Waals surface area contributed by atoms with Crippen molar-refractivity contribution >= 4 is 11.9 Å². The van der Waals surface area contributed by atoms with Crippen molar-refractivity contribution in [1.29, 1.82) is 0 Å². The summed E-state index contributed by atoms with van der Waals surface area (Å²) >= 11 is 0. The lowest BCUT2D eigenvalue weighted by atomic mass is 10.2. The van der Waals surface area contributed by atoms with E-state index in [1.807, 2.05) is 0 Å². The standard InChI is InChI=1S/C6H12N2O4/c7-4(6(11)12)3-5(10)8-1-2-9/h4,9H,1-3,7H2,(H,8,10)(H,11,12). The normalized spacial score (nSPS) is 12.2. The van der Waals surface area contributed by atoms with Crippen molar-refractivity contribution < 1.29 is 19.8 Å². The fourth-order valence-electron chi connectivity index (χ4n) is 0.555. The Morgan fingerprint density at radius 3 is 2.50 bits per heavy atom.